The van der Waals surface area contributed by atoms with Gasteiger partial charge in [0.2, 0.25) is 0 Å². The highest BCUT2D eigenvalue weighted by atomic mass is 35.5. The van der Waals surface area contributed by atoms with Crippen molar-refractivity contribution in [1.82, 2.24) is 10.4 Å². The summed E-state index contributed by atoms with van der Waals surface area (Å²) in [6.45, 7) is 1.39. The van der Waals surface area contributed by atoms with Crippen molar-refractivity contribution in [3.05, 3.63) is 83.9 Å². The molecule has 3 N–H and O–H groups in total. The minimum Gasteiger partial charge on any atom is -0.369 e. The van der Waals surface area contributed by atoms with E-state index in [1.165, 1.54) is 0 Å². The lowest BCUT2D eigenvalue weighted by molar-refractivity contribution is 0.254. The van der Waals surface area contributed by atoms with E-state index in [0.717, 1.165) is 22.2 Å². The number of pyridine rings is 1. The van der Waals surface area contributed by atoms with Crippen LogP contribution in [-0.2, 0) is 0 Å². The van der Waals surface area contributed by atoms with Gasteiger partial charge in [-0.2, -0.15) is 0 Å². The number of para-hydroxylation sites is 1. The van der Waals surface area contributed by atoms with Gasteiger partial charge >= 0.3 is 6.03 Å². The summed E-state index contributed by atoms with van der Waals surface area (Å²) in [4.78, 5) is 19.4. The predicted octanol–water partition coefficient (Wildman–Crippen LogP) is 6.99. The van der Waals surface area contributed by atoms with Gasteiger partial charge in [-0.15, -0.1) is 23.2 Å². The van der Waals surface area contributed by atoms with E-state index in [-0.39, 0.29) is 0 Å². The number of benzene rings is 3. The molecule has 6 nitrogen and oxygen atoms in total. The van der Waals surface area contributed by atoms with Gasteiger partial charge < -0.3 is 10.2 Å². The summed E-state index contributed by atoms with van der Waals surface area (Å²) < 4.78 is 0. The molecule has 1 heterocycles. The fourth-order valence-electron chi connectivity index (χ4n) is 3.70. The first-order chi connectivity index (χ1) is 17.1. The van der Waals surface area contributed by atoms with Crippen LogP contribution in [0.2, 0.25) is 5.02 Å². The lowest BCUT2D eigenvalue weighted by Gasteiger charge is -2.23. The third kappa shape index (κ3) is 6.28. The second-order valence-corrected chi connectivity index (χ2v) is 8.83. The Kier molecular flexibility index (Phi) is 8.53. The van der Waals surface area contributed by atoms with E-state index in [4.69, 9.17) is 39.8 Å². The largest absolute Gasteiger partial charge is 0.369 e. The maximum Gasteiger partial charge on any atom is 0.337 e. The molecule has 0 atom stereocenters. The fraction of sp³-hybridized carbons (Fsp3) is 0.154. The molecule has 0 aliphatic heterocycles. The van der Waals surface area contributed by atoms with Gasteiger partial charge in [0, 0.05) is 52.2 Å². The molecule has 1 aromatic heterocycles. The van der Waals surface area contributed by atoms with Crippen molar-refractivity contribution >= 4 is 68.8 Å². The second-order valence-electron chi connectivity index (χ2n) is 7.67. The normalized spacial score (nSPS) is 10.7. The molecule has 9 heteroatoms. The van der Waals surface area contributed by atoms with Crippen LogP contribution >= 0.6 is 34.8 Å². The van der Waals surface area contributed by atoms with E-state index in [1.807, 2.05) is 78.9 Å². The zero-order chi connectivity index (χ0) is 24.6. The molecular weight excluding hydrogens is 505 g/mol. The Labute approximate surface area is 219 Å². The topological polar surface area (TPSA) is 69.3 Å². The Bertz CT molecular complexity index is 1290. The van der Waals surface area contributed by atoms with Crippen molar-refractivity contribution in [2.45, 2.75) is 0 Å². The number of carbonyl (C=O) groups is 1. The second kappa shape index (κ2) is 12.0. The number of nitrogens with zero attached hydrogens (tertiary/aromatic N) is 2. The van der Waals surface area contributed by atoms with Crippen molar-refractivity contribution in [3.8, 4) is 11.3 Å². The van der Waals surface area contributed by atoms with Gasteiger partial charge in [-0.1, -0.05) is 48.0 Å². The molecule has 0 bridgehead atoms. The highest BCUT2D eigenvalue weighted by molar-refractivity contribution is 6.33. The molecule has 180 valence electrons. The molecular formula is C26H24Cl3N5O. The van der Waals surface area contributed by atoms with Crippen LogP contribution in [-0.4, -0.2) is 35.9 Å². The molecule has 4 rings (SSSR count). The first-order valence-electron chi connectivity index (χ1n) is 11.0. The number of hydrogen-bond acceptors (Lipinski definition) is 4. The molecule has 3 aromatic carbocycles. The van der Waals surface area contributed by atoms with Crippen LogP contribution in [0.5, 0.6) is 0 Å². The lowest BCUT2D eigenvalue weighted by atomic mass is 10.1. The van der Waals surface area contributed by atoms with Crippen LogP contribution in [0.25, 0.3) is 22.2 Å². The first-order valence-corrected chi connectivity index (χ1v) is 12.5. The van der Waals surface area contributed by atoms with E-state index < -0.39 is 6.03 Å². The van der Waals surface area contributed by atoms with Crippen LogP contribution in [0.4, 0.5) is 21.9 Å². The molecule has 2 amide bonds. The minimum absolute atomic E-state index is 0.406. The Morgan fingerprint density at radius 2 is 1.57 bits per heavy atom. The van der Waals surface area contributed by atoms with Gasteiger partial charge in [0.05, 0.1) is 16.9 Å². The van der Waals surface area contributed by atoms with Gasteiger partial charge in [-0.25, -0.2) is 9.78 Å². The van der Waals surface area contributed by atoms with Crippen molar-refractivity contribution < 1.29 is 4.79 Å². The van der Waals surface area contributed by atoms with Crippen molar-refractivity contribution in [2.24, 2.45) is 0 Å². The highest BCUT2D eigenvalue weighted by Gasteiger charge is 2.11. The number of fused-ring (bicyclic) bond motifs is 1. The van der Waals surface area contributed by atoms with E-state index in [1.54, 1.807) is 0 Å². The van der Waals surface area contributed by atoms with Gasteiger partial charge in [-0.3, -0.25) is 10.9 Å². The van der Waals surface area contributed by atoms with Crippen molar-refractivity contribution in [2.75, 3.05) is 40.5 Å². The highest BCUT2D eigenvalue weighted by Crippen LogP contribution is 2.31. The van der Waals surface area contributed by atoms with E-state index in [0.29, 0.717) is 46.9 Å². The number of aromatic nitrogens is 1. The number of urea groups is 1. The maximum absolute atomic E-state index is 12.6. The quantitative estimate of drug-likeness (QED) is 0.162. The third-order valence-corrected chi connectivity index (χ3v) is 6.04. The molecule has 0 aliphatic carbocycles. The minimum atomic E-state index is -0.406. The van der Waals surface area contributed by atoms with Gasteiger partial charge in [-0.05, 0) is 42.5 Å². The molecule has 0 radical (unpaired) electrons. The van der Waals surface area contributed by atoms with Gasteiger partial charge in [0.25, 0.3) is 0 Å². The smallest absolute Gasteiger partial charge is 0.337 e. The summed E-state index contributed by atoms with van der Waals surface area (Å²) in [5.74, 6) is 1.01. The molecule has 0 saturated carbocycles. The number of alkyl halides is 2. The summed E-state index contributed by atoms with van der Waals surface area (Å²) in [6.07, 6.45) is 0. The summed E-state index contributed by atoms with van der Waals surface area (Å²) in [5, 5.41) is 4.30. The molecule has 0 saturated heterocycles. The Hall–Kier alpha value is -3.19. The maximum atomic E-state index is 12.6. The van der Waals surface area contributed by atoms with Crippen molar-refractivity contribution in [1.29, 1.82) is 0 Å². The number of carbonyl (C=O) groups excluding carboxylic acids is 1. The number of hydrogen-bond donors (Lipinski definition) is 3. The number of hydrazine groups is 1. The Morgan fingerprint density at radius 1 is 0.886 bits per heavy atom. The van der Waals surface area contributed by atoms with Crippen LogP contribution in [0.15, 0.2) is 78.9 Å². The SMILES string of the molecule is O=C(NNc1cc(-c2ccccc2Cl)nc2ccccc12)Nc1ccc(N(CCCl)CCCl)cc1. The van der Waals surface area contributed by atoms with E-state index >= 15 is 0 Å². The van der Waals surface area contributed by atoms with E-state index in [9.17, 15) is 4.79 Å². The number of nitrogens with one attached hydrogen (secondary N) is 3. The monoisotopic (exact) mass is 527 g/mol. The average molecular weight is 529 g/mol. The van der Waals surface area contributed by atoms with Crippen molar-refractivity contribution in [3.63, 3.8) is 0 Å². The summed E-state index contributed by atoms with van der Waals surface area (Å²) in [7, 11) is 0. The van der Waals surface area contributed by atoms with E-state index in [2.05, 4.69) is 21.1 Å². The third-order valence-electron chi connectivity index (χ3n) is 5.38. The standard InChI is InChI=1S/C26H24Cl3N5O/c27-13-15-34(16-14-28)19-11-9-18(10-12-19)30-26(35)33-32-25-17-24(20-5-1-3-7-22(20)29)31-23-8-4-2-6-21(23)25/h1-12,17H,13-16H2,(H,31,32)(H2,30,33,35). The fourth-order valence-corrected chi connectivity index (χ4v) is 4.34. The summed E-state index contributed by atoms with van der Waals surface area (Å²) in [6, 6.07) is 24.2. The number of anilines is 3. The summed E-state index contributed by atoms with van der Waals surface area (Å²) >= 11 is 18.2. The number of amides is 2. The molecule has 0 fully saturated rings. The Balaban J connectivity index is 1.47. The molecule has 0 spiro atoms. The zero-order valence-electron chi connectivity index (χ0n) is 18.8. The lowest BCUT2D eigenvalue weighted by Crippen LogP contribution is -2.33. The van der Waals surface area contributed by atoms with Crippen LogP contribution in [0.3, 0.4) is 0 Å². The number of rotatable bonds is 9. The van der Waals surface area contributed by atoms with Crippen LogP contribution < -0.4 is 21.1 Å². The number of halogens is 3. The summed E-state index contributed by atoms with van der Waals surface area (Å²) in [5.41, 5.74) is 10.4. The Morgan fingerprint density at radius 3 is 2.29 bits per heavy atom. The van der Waals surface area contributed by atoms with Crippen LogP contribution in [0.1, 0.15) is 0 Å². The molecule has 35 heavy (non-hydrogen) atoms. The average Bonchev–Trinajstić information content (AvgIpc) is 2.88. The molecule has 0 unspecified atom stereocenters. The van der Waals surface area contributed by atoms with Gasteiger partial charge in [0.15, 0.2) is 0 Å². The van der Waals surface area contributed by atoms with Crippen LogP contribution in [0, 0.1) is 0 Å². The molecule has 4 aromatic rings. The molecule has 0 aliphatic rings. The first kappa shape index (κ1) is 24.9. The van der Waals surface area contributed by atoms with Gasteiger partial charge in [0.1, 0.15) is 0 Å². The zero-order valence-corrected chi connectivity index (χ0v) is 21.0. The predicted molar refractivity (Wildman–Crippen MR) is 148 cm³/mol.